The maximum absolute atomic E-state index is 11.9. The highest BCUT2D eigenvalue weighted by Crippen LogP contribution is 2.15. The quantitative estimate of drug-likeness (QED) is 0.801. The molecule has 1 rings (SSSR count). The summed E-state index contributed by atoms with van der Waals surface area (Å²) in [4.78, 5) is 10.5. The minimum absolute atomic E-state index is 0.0211. The molecule has 1 aromatic carbocycles. The Labute approximate surface area is 120 Å². The molecular formula is C12H15F3N2O3S. The number of carbonyl (C=O) groups excluding carboxylic acids is 1. The fraction of sp³-hybridized carbons (Fsp3) is 0.417. The summed E-state index contributed by atoms with van der Waals surface area (Å²) >= 11 is 0. The van der Waals surface area contributed by atoms with Crippen LogP contribution in [0.5, 0.6) is 0 Å². The van der Waals surface area contributed by atoms with Gasteiger partial charge in [0.05, 0.1) is 4.90 Å². The van der Waals surface area contributed by atoms with Gasteiger partial charge in [0.2, 0.25) is 10.0 Å². The number of hydrogen-bond acceptors (Lipinski definition) is 3. The van der Waals surface area contributed by atoms with Crippen molar-refractivity contribution in [2.75, 3.05) is 13.1 Å². The Balaban J connectivity index is 2.58. The van der Waals surface area contributed by atoms with Crippen LogP contribution >= 0.6 is 0 Å². The Hall–Kier alpha value is -1.61. The van der Waals surface area contributed by atoms with E-state index in [0.29, 0.717) is 0 Å². The molecular weight excluding hydrogens is 309 g/mol. The molecule has 0 aliphatic rings. The molecule has 0 saturated carbocycles. The SMILES string of the molecule is Cc1ccc(S(=O)(=O)NCCNC(=O)C(F)(F)F)cc1C. The van der Waals surface area contributed by atoms with Crippen LogP contribution in [-0.4, -0.2) is 33.6 Å². The van der Waals surface area contributed by atoms with E-state index in [-0.39, 0.29) is 11.4 Å². The molecule has 1 amide bonds. The second-order valence-corrected chi connectivity index (χ2v) is 6.16. The van der Waals surface area contributed by atoms with Crippen molar-refractivity contribution in [3.8, 4) is 0 Å². The Kier molecular flexibility index (Phi) is 5.35. The monoisotopic (exact) mass is 324 g/mol. The summed E-state index contributed by atoms with van der Waals surface area (Å²) < 4.78 is 61.6. The largest absolute Gasteiger partial charge is 0.471 e. The van der Waals surface area contributed by atoms with Crippen LogP contribution in [0, 0.1) is 13.8 Å². The highest BCUT2D eigenvalue weighted by atomic mass is 32.2. The van der Waals surface area contributed by atoms with E-state index in [1.54, 1.807) is 18.3 Å². The van der Waals surface area contributed by atoms with Gasteiger partial charge in [-0.05, 0) is 37.1 Å². The summed E-state index contributed by atoms with van der Waals surface area (Å²) in [6.45, 7) is 2.78. The second kappa shape index (κ2) is 6.44. The van der Waals surface area contributed by atoms with Crippen molar-refractivity contribution in [1.29, 1.82) is 0 Å². The van der Waals surface area contributed by atoms with E-state index in [1.165, 1.54) is 12.1 Å². The molecule has 0 heterocycles. The zero-order valence-electron chi connectivity index (χ0n) is 11.4. The van der Waals surface area contributed by atoms with Crippen LogP contribution in [0.4, 0.5) is 13.2 Å². The van der Waals surface area contributed by atoms with Gasteiger partial charge in [-0.2, -0.15) is 13.2 Å². The molecule has 9 heteroatoms. The summed E-state index contributed by atoms with van der Waals surface area (Å²) in [5, 5.41) is 1.58. The third-order valence-electron chi connectivity index (χ3n) is 2.75. The van der Waals surface area contributed by atoms with Gasteiger partial charge in [0.25, 0.3) is 0 Å². The molecule has 2 N–H and O–H groups in total. The number of amides is 1. The second-order valence-electron chi connectivity index (χ2n) is 4.40. The molecule has 0 spiro atoms. The van der Waals surface area contributed by atoms with Crippen LogP contribution in [0.25, 0.3) is 0 Å². The molecule has 0 fully saturated rings. The third-order valence-corrected chi connectivity index (χ3v) is 4.21. The van der Waals surface area contributed by atoms with Gasteiger partial charge in [0, 0.05) is 13.1 Å². The van der Waals surface area contributed by atoms with Gasteiger partial charge < -0.3 is 5.32 Å². The van der Waals surface area contributed by atoms with Gasteiger partial charge >= 0.3 is 12.1 Å². The van der Waals surface area contributed by atoms with Crippen LogP contribution in [-0.2, 0) is 14.8 Å². The fourth-order valence-corrected chi connectivity index (χ4v) is 2.54. The number of halogens is 3. The van der Waals surface area contributed by atoms with Crippen LogP contribution in [0.2, 0.25) is 0 Å². The van der Waals surface area contributed by atoms with Crippen molar-refractivity contribution in [3.05, 3.63) is 29.3 Å². The van der Waals surface area contributed by atoms with E-state index in [0.717, 1.165) is 11.1 Å². The number of rotatable bonds is 5. The van der Waals surface area contributed by atoms with Crippen LogP contribution in [0.3, 0.4) is 0 Å². The zero-order valence-corrected chi connectivity index (χ0v) is 12.2. The standard InChI is InChI=1S/C12H15F3N2O3S/c1-8-3-4-10(7-9(8)2)21(19,20)17-6-5-16-11(18)12(13,14)15/h3-4,7,17H,5-6H2,1-2H3,(H,16,18). The van der Waals surface area contributed by atoms with E-state index in [1.807, 2.05) is 6.92 Å². The highest BCUT2D eigenvalue weighted by molar-refractivity contribution is 7.89. The van der Waals surface area contributed by atoms with Gasteiger partial charge in [-0.1, -0.05) is 6.07 Å². The van der Waals surface area contributed by atoms with E-state index in [4.69, 9.17) is 0 Å². The number of carbonyl (C=O) groups is 1. The molecule has 0 bridgehead atoms. The van der Waals surface area contributed by atoms with Crippen molar-refractivity contribution < 1.29 is 26.4 Å². The first-order valence-corrected chi connectivity index (χ1v) is 7.44. The molecule has 0 atom stereocenters. The molecule has 118 valence electrons. The molecule has 0 unspecified atom stereocenters. The first kappa shape index (κ1) is 17.4. The number of hydrogen-bond donors (Lipinski definition) is 2. The molecule has 0 radical (unpaired) electrons. The van der Waals surface area contributed by atoms with Crippen molar-refractivity contribution in [1.82, 2.24) is 10.0 Å². The van der Waals surface area contributed by atoms with Gasteiger partial charge in [0.1, 0.15) is 0 Å². The predicted octanol–water partition coefficient (Wildman–Crippen LogP) is 1.26. The van der Waals surface area contributed by atoms with E-state index >= 15 is 0 Å². The highest BCUT2D eigenvalue weighted by Gasteiger charge is 2.38. The predicted molar refractivity (Wildman–Crippen MR) is 70.2 cm³/mol. The smallest absolute Gasteiger partial charge is 0.347 e. The lowest BCUT2D eigenvalue weighted by molar-refractivity contribution is -0.173. The maximum Gasteiger partial charge on any atom is 0.471 e. The Bertz CT molecular complexity index is 627. The Morgan fingerprint density at radius 2 is 1.76 bits per heavy atom. The van der Waals surface area contributed by atoms with E-state index in [2.05, 4.69) is 4.72 Å². The van der Waals surface area contributed by atoms with Crippen LogP contribution in [0.1, 0.15) is 11.1 Å². The van der Waals surface area contributed by atoms with Crippen molar-refractivity contribution >= 4 is 15.9 Å². The van der Waals surface area contributed by atoms with Gasteiger partial charge in [-0.25, -0.2) is 13.1 Å². The van der Waals surface area contributed by atoms with Crippen molar-refractivity contribution in [2.24, 2.45) is 0 Å². The minimum Gasteiger partial charge on any atom is -0.347 e. The summed E-state index contributed by atoms with van der Waals surface area (Å²) in [7, 11) is -3.82. The zero-order chi connectivity index (χ0) is 16.3. The molecule has 21 heavy (non-hydrogen) atoms. The van der Waals surface area contributed by atoms with Crippen LogP contribution < -0.4 is 10.0 Å². The lowest BCUT2D eigenvalue weighted by Gasteiger charge is -2.10. The number of sulfonamides is 1. The van der Waals surface area contributed by atoms with E-state index < -0.39 is 28.7 Å². The minimum atomic E-state index is -4.98. The topological polar surface area (TPSA) is 75.3 Å². The van der Waals surface area contributed by atoms with Gasteiger partial charge in [-0.3, -0.25) is 4.79 Å². The first-order chi connectivity index (χ1) is 9.54. The number of nitrogens with one attached hydrogen (secondary N) is 2. The third kappa shape index (κ3) is 5.01. The van der Waals surface area contributed by atoms with Gasteiger partial charge in [0.15, 0.2) is 0 Å². The van der Waals surface area contributed by atoms with Crippen molar-refractivity contribution in [2.45, 2.75) is 24.9 Å². The summed E-state index contributed by atoms with van der Waals surface area (Å²) in [5.41, 5.74) is 1.70. The average molecular weight is 324 g/mol. The maximum atomic E-state index is 11.9. The molecule has 0 aliphatic heterocycles. The fourth-order valence-electron chi connectivity index (χ4n) is 1.43. The van der Waals surface area contributed by atoms with Crippen LogP contribution in [0.15, 0.2) is 23.1 Å². The molecule has 0 aliphatic carbocycles. The number of aryl methyl sites for hydroxylation is 2. The number of alkyl halides is 3. The summed E-state index contributed by atoms with van der Waals surface area (Å²) in [6.07, 6.45) is -4.98. The Morgan fingerprint density at radius 3 is 2.29 bits per heavy atom. The molecule has 5 nitrogen and oxygen atoms in total. The molecule has 0 aromatic heterocycles. The molecule has 1 aromatic rings. The van der Waals surface area contributed by atoms with E-state index in [9.17, 15) is 26.4 Å². The van der Waals surface area contributed by atoms with Crippen molar-refractivity contribution in [3.63, 3.8) is 0 Å². The lowest BCUT2D eigenvalue weighted by Crippen LogP contribution is -2.41. The first-order valence-electron chi connectivity index (χ1n) is 5.96. The summed E-state index contributed by atoms with van der Waals surface area (Å²) in [5.74, 6) is -2.10. The normalized spacial score (nSPS) is 12.2. The summed E-state index contributed by atoms with van der Waals surface area (Å²) in [6, 6.07) is 4.50. The molecule has 0 saturated heterocycles. The lowest BCUT2D eigenvalue weighted by atomic mass is 10.1. The average Bonchev–Trinajstić information content (AvgIpc) is 2.36. The number of benzene rings is 1. The van der Waals surface area contributed by atoms with Gasteiger partial charge in [-0.15, -0.1) is 0 Å². The Morgan fingerprint density at radius 1 is 1.14 bits per heavy atom.